The van der Waals surface area contributed by atoms with Crippen molar-refractivity contribution < 1.29 is 19.1 Å². The number of piperidine rings is 1. The minimum Gasteiger partial charge on any atom is -0.461 e. The largest absolute Gasteiger partial charge is 0.461 e. The first-order valence-electron chi connectivity index (χ1n) is 7.38. The molecule has 1 aliphatic heterocycles. The van der Waals surface area contributed by atoms with Gasteiger partial charge in [0.2, 0.25) is 11.8 Å². The van der Waals surface area contributed by atoms with E-state index >= 15 is 0 Å². The Morgan fingerprint density at radius 1 is 1.18 bits per heavy atom. The van der Waals surface area contributed by atoms with Crippen LogP contribution in [0, 0.1) is 0 Å². The Balaban J connectivity index is 1.75. The molecule has 1 heterocycles. The fraction of sp³-hybridized carbons (Fsp3) is 0.438. The Morgan fingerprint density at radius 3 is 2.45 bits per heavy atom. The van der Waals surface area contributed by atoms with Crippen LogP contribution in [0.25, 0.3) is 0 Å². The van der Waals surface area contributed by atoms with E-state index in [9.17, 15) is 14.4 Å². The summed E-state index contributed by atoms with van der Waals surface area (Å²) in [6.45, 7) is 0.205. The number of rotatable bonds is 6. The monoisotopic (exact) mass is 304 g/mol. The van der Waals surface area contributed by atoms with Gasteiger partial charge in [0.25, 0.3) is 0 Å². The van der Waals surface area contributed by atoms with E-state index in [0.717, 1.165) is 10.5 Å². The summed E-state index contributed by atoms with van der Waals surface area (Å²) in [5.74, 6) is -0.918. The lowest BCUT2D eigenvalue weighted by atomic mass is 10.1. The van der Waals surface area contributed by atoms with Gasteiger partial charge in [0, 0.05) is 19.3 Å². The summed E-state index contributed by atoms with van der Waals surface area (Å²) in [7, 11) is 0. The van der Waals surface area contributed by atoms with Gasteiger partial charge in [-0.3, -0.25) is 19.3 Å². The van der Waals surface area contributed by atoms with E-state index in [1.807, 2.05) is 30.3 Å². The highest BCUT2D eigenvalue weighted by Crippen LogP contribution is 2.16. The number of hydrogen-bond donors (Lipinski definition) is 1. The molecule has 0 aromatic heterocycles. The van der Waals surface area contributed by atoms with Gasteiger partial charge in [0.1, 0.15) is 6.61 Å². The predicted molar refractivity (Wildman–Crippen MR) is 79.2 cm³/mol. The quantitative estimate of drug-likeness (QED) is 0.632. The van der Waals surface area contributed by atoms with Gasteiger partial charge in [0.05, 0.1) is 6.17 Å². The number of amides is 2. The summed E-state index contributed by atoms with van der Waals surface area (Å²) in [5.41, 5.74) is 6.77. The normalized spacial score (nSPS) is 16.5. The first-order chi connectivity index (χ1) is 10.6. The smallest absolute Gasteiger partial charge is 0.306 e. The predicted octanol–water partition coefficient (Wildman–Crippen LogP) is 1.33. The van der Waals surface area contributed by atoms with Gasteiger partial charge in [-0.05, 0) is 18.4 Å². The Bertz CT molecular complexity index is 528. The lowest BCUT2D eigenvalue weighted by molar-refractivity contribution is -0.153. The molecule has 1 saturated heterocycles. The number of carbonyl (C=O) groups excluding carboxylic acids is 3. The molecule has 0 saturated carbocycles. The van der Waals surface area contributed by atoms with Crippen LogP contribution in [-0.4, -0.2) is 28.8 Å². The number of nitrogens with zero attached hydrogens (tertiary/aromatic N) is 1. The van der Waals surface area contributed by atoms with Gasteiger partial charge in [-0.25, -0.2) is 0 Å². The number of carbonyl (C=O) groups is 3. The Kier molecular flexibility index (Phi) is 5.66. The van der Waals surface area contributed by atoms with E-state index in [-0.39, 0.29) is 31.3 Å². The minimum absolute atomic E-state index is 0.0745. The Hall–Kier alpha value is -2.21. The molecule has 0 bridgehead atoms. The van der Waals surface area contributed by atoms with Gasteiger partial charge in [-0.15, -0.1) is 0 Å². The number of nitrogens with two attached hydrogens (primary N) is 1. The molecular weight excluding hydrogens is 284 g/mol. The van der Waals surface area contributed by atoms with E-state index < -0.39 is 12.1 Å². The summed E-state index contributed by atoms with van der Waals surface area (Å²) < 4.78 is 5.14. The number of esters is 1. The molecule has 2 amide bonds. The lowest BCUT2D eigenvalue weighted by Gasteiger charge is -2.30. The van der Waals surface area contributed by atoms with Crippen LogP contribution < -0.4 is 5.73 Å². The van der Waals surface area contributed by atoms with E-state index in [4.69, 9.17) is 10.5 Å². The molecule has 6 nitrogen and oxygen atoms in total. The molecular formula is C16H20N2O4. The van der Waals surface area contributed by atoms with Gasteiger partial charge in [-0.2, -0.15) is 0 Å². The van der Waals surface area contributed by atoms with E-state index in [0.29, 0.717) is 19.3 Å². The fourth-order valence-electron chi connectivity index (χ4n) is 2.35. The third-order valence-corrected chi connectivity index (χ3v) is 3.54. The van der Waals surface area contributed by atoms with Crippen molar-refractivity contribution in [1.82, 2.24) is 4.90 Å². The summed E-state index contributed by atoms with van der Waals surface area (Å²) >= 11 is 0. The van der Waals surface area contributed by atoms with Crippen molar-refractivity contribution >= 4 is 17.8 Å². The first-order valence-corrected chi connectivity index (χ1v) is 7.38. The summed E-state index contributed by atoms with van der Waals surface area (Å²) in [5, 5.41) is 0. The zero-order chi connectivity index (χ0) is 15.9. The molecule has 1 atom stereocenters. The highest BCUT2D eigenvalue weighted by atomic mass is 16.5. The Labute approximate surface area is 129 Å². The average Bonchev–Trinajstić information content (AvgIpc) is 2.52. The van der Waals surface area contributed by atoms with E-state index in [2.05, 4.69) is 0 Å². The second-order valence-corrected chi connectivity index (χ2v) is 5.26. The van der Waals surface area contributed by atoms with Crippen LogP contribution in [-0.2, 0) is 25.7 Å². The zero-order valence-electron chi connectivity index (χ0n) is 12.4. The molecule has 1 aromatic carbocycles. The molecule has 2 rings (SSSR count). The van der Waals surface area contributed by atoms with Crippen LogP contribution in [0.4, 0.5) is 0 Å². The molecule has 1 fully saturated rings. The molecule has 6 heteroatoms. The van der Waals surface area contributed by atoms with Crippen molar-refractivity contribution in [3.05, 3.63) is 35.9 Å². The first kappa shape index (κ1) is 16.2. The molecule has 22 heavy (non-hydrogen) atoms. The second-order valence-electron chi connectivity index (χ2n) is 5.26. The molecule has 0 aliphatic carbocycles. The minimum atomic E-state index is -0.760. The van der Waals surface area contributed by atoms with Gasteiger partial charge < -0.3 is 10.5 Å². The average molecular weight is 304 g/mol. The zero-order valence-corrected chi connectivity index (χ0v) is 12.4. The van der Waals surface area contributed by atoms with Crippen LogP contribution in [0.15, 0.2) is 30.3 Å². The maximum Gasteiger partial charge on any atom is 0.306 e. The van der Waals surface area contributed by atoms with Crippen molar-refractivity contribution in [2.75, 3.05) is 0 Å². The number of hydrogen-bond acceptors (Lipinski definition) is 5. The van der Waals surface area contributed by atoms with Gasteiger partial charge >= 0.3 is 5.97 Å². The highest BCUT2D eigenvalue weighted by Gasteiger charge is 2.30. The highest BCUT2D eigenvalue weighted by molar-refractivity contribution is 5.97. The lowest BCUT2D eigenvalue weighted by Crippen LogP contribution is -2.51. The fourth-order valence-corrected chi connectivity index (χ4v) is 2.35. The number of likely N-dealkylation sites (tertiary alicyclic amines) is 1. The van der Waals surface area contributed by atoms with Crippen molar-refractivity contribution in [2.24, 2.45) is 5.73 Å². The number of benzene rings is 1. The number of ether oxygens (including phenoxy) is 1. The van der Waals surface area contributed by atoms with Crippen molar-refractivity contribution in [2.45, 2.75) is 44.9 Å². The SMILES string of the molecule is NC(CCC(=O)OCc1ccccc1)N1C(=O)CCCC1=O. The van der Waals surface area contributed by atoms with Crippen molar-refractivity contribution in [3.63, 3.8) is 0 Å². The van der Waals surface area contributed by atoms with Gasteiger partial charge in [-0.1, -0.05) is 30.3 Å². The van der Waals surface area contributed by atoms with Crippen LogP contribution in [0.2, 0.25) is 0 Å². The van der Waals surface area contributed by atoms with Crippen molar-refractivity contribution in [1.29, 1.82) is 0 Å². The van der Waals surface area contributed by atoms with Crippen LogP contribution >= 0.6 is 0 Å². The van der Waals surface area contributed by atoms with Crippen LogP contribution in [0.3, 0.4) is 0 Å². The van der Waals surface area contributed by atoms with Crippen LogP contribution in [0.1, 0.15) is 37.7 Å². The maximum absolute atomic E-state index is 11.7. The van der Waals surface area contributed by atoms with E-state index in [1.54, 1.807) is 0 Å². The van der Waals surface area contributed by atoms with Crippen molar-refractivity contribution in [3.8, 4) is 0 Å². The molecule has 0 radical (unpaired) electrons. The second kappa shape index (κ2) is 7.70. The standard InChI is InChI=1S/C16H20N2O4/c17-13(18-14(19)7-4-8-15(18)20)9-10-16(21)22-11-12-5-2-1-3-6-12/h1-3,5-6,13H,4,7-11,17H2. The Morgan fingerprint density at radius 2 is 1.82 bits per heavy atom. The molecule has 1 aromatic rings. The maximum atomic E-state index is 11.7. The molecule has 118 valence electrons. The summed E-state index contributed by atoms with van der Waals surface area (Å²) in [6.07, 6.45) is 0.760. The summed E-state index contributed by atoms with van der Waals surface area (Å²) in [4.78, 5) is 36.2. The van der Waals surface area contributed by atoms with Crippen LogP contribution in [0.5, 0.6) is 0 Å². The molecule has 1 unspecified atom stereocenters. The van der Waals surface area contributed by atoms with E-state index in [1.165, 1.54) is 0 Å². The molecule has 1 aliphatic rings. The van der Waals surface area contributed by atoms with Gasteiger partial charge in [0.15, 0.2) is 0 Å². The number of imide groups is 1. The molecule has 0 spiro atoms. The summed E-state index contributed by atoms with van der Waals surface area (Å²) in [6, 6.07) is 9.35. The molecule has 2 N–H and O–H groups in total. The third kappa shape index (κ3) is 4.39. The third-order valence-electron chi connectivity index (χ3n) is 3.54. The topological polar surface area (TPSA) is 89.7 Å².